The lowest BCUT2D eigenvalue weighted by Gasteiger charge is -2.25. The van der Waals surface area contributed by atoms with Crippen molar-refractivity contribution in [2.24, 2.45) is 14.1 Å². The highest BCUT2D eigenvalue weighted by molar-refractivity contribution is 6.06. The highest BCUT2D eigenvalue weighted by Crippen LogP contribution is 2.43. The average Bonchev–Trinajstić information content (AvgIpc) is 3.70. The van der Waals surface area contributed by atoms with Crippen LogP contribution in [0.5, 0.6) is 0 Å². The van der Waals surface area contributed by atoms with Crippen LogP contribution in [0.1, 0.15) is 71.9 Å². The number of hydrogen-bond donors (Lipinski definition) is 3. The van der Waals surface area contributed by atoms with Gasteiger partial charge in [0.15, 0.2) is 5.82 Å². The number of carboxylic acids is 1. The lowest BCUT2D eigenvalue weighted by Crippen LogP contribution is -2.52. The Morgan fingerprint density at radius 3 is 2.35 bits per heavy atom. The van der Waals surface area contributed by atoms with Crippen molar-refractivity contribution in [3.63, 3.8) is 0 Å². The monoisotopic (exact) mass is 578 g/mol. The number of anilines is 1. The number of carbonyl (C=O) groups is 3. The van der Waals surface area contributed by atoms with E-state index in [1.54, 1.807) is 68.2 Å². The van der Waals surface area contributed by atoms with Crippen molar-refractivity contribution in [2.75, 3.05) is 5.32 Å². The zero-order valence-electron chi connectivity index (χ0n) is 24.6. The molecule has 3 aromatic heterocycles. The largest absolute Gasteiger partial charge is 0.477 e. The highest BCUT2D eigenvalue weighted by Gasteiger charge is 2.31. The number of aryl methyl sites for hydroxylation is 2. The van der Waals surface area contributed by atoms with Crippen molar-refractivity contribution in [2.45, 2.75) is 51.0 Å². The van der Waals surface area contributed by atoms with Crippen LogP contribution in [0.25, 0.3) is 33.3 Å². The fraction of sp³-hybridized carbons (Fsp3) is 0.303. The first-order chi connectivity index (χ1) is 20.5. The maximum absolute atomic E-state index is 13.5. The van der Waals surface area contributed by atoms with Crippen LogP contribution >= 0.6 is 0 Å². The van der Waals surface area contributed by atoms with Gasteiger partial charge in [-0.05, 0) is 80.6 Å². The van der Waals surface area contributed by atoms with Crippen molar-refractivity contribution in [3.8, 4) is 11.5 Å². The summed E-state index contributed by atoms with van der Waals surface area (Å²) in [7, 11) is 3.66. The van der Waals surface area contributed by atoms with E-state index in [2.05, 4.69) is 25.2 Å². The first-order valence-electron chi connectivity index (χ1n) is 14.4. The Morgan fingerprint density at radius 2 is 1.65 bits per heavy atom. The molecular weight excluding hydrogens is 544 g/mol. The molecule has 2 amide bonds. The maximum Gasteiger partial charge on any atom is 0.352 e. The van der Waals surface area contributed by atoms with Gasteiger partial charge in [-0.2, -0.15) is 0 Å². The van der Waals surface area contributed by atoms with E-state index in [1.165, 1.54) is 18.4 Å². The van der Waals surface area contributed by atoms with Gasteiger partial charge in [0.05, 0.1) is 5.69 Å². The van der Waals surface area contributed by atoms with Gasteiger partial charge in [-0.3, -0.25) is 9.59 Å². The Hall–Kier alpha value is -4.99. The van der Waals surface area contributed by atoms with E-state index < -0.39 is 17.4 Å². The van der Waals surface area contributed by atoms with E-state index in [1.807, 2.05) is 25.2 Å². The van der Waals surface area contributed by atoms with Crippen molar-refractivity contribution in [1.82, 2.24) is 24.4 Å². The molecule has 220 valence electrons. The number of carboxylic acid groups (broad SMARTS) is 1. The molecule has 5 aromatic rings. The molecule has 1 fully saturated rings. The van der Waals surface area contributed by atoms with E-state index >= 15 is 0 Å². The average molecular weight is 579 g/mol. The van der Waals surface area contributed by atoms with Gasteiger partial charge in [0.2, 0.25) is 5.91 Å². The van der Waals surface area contributed by atoms with Crippen molar-refractivity contribution in [1.29, 1.82) is 0 Å². The van der Waals surface area contributed by atoms with E-state index in [0.717, 1.165) is 35.0 Å². The van der Waals surface area contributed by atoms with Gasteiger partial charge in [-0.25, -0.2) is 14.8 Å². The summed E-state index contributed by atoms with van der Waals surface area (Å²) in [5.41, 5.74) is 3.72. The van der Waals surface area contributed by atoms with Crippen LogP contribution in [0, 0.1) is 0 Å². The zero-order valence-corrected chi connectivity index (χ0v) is 24.6. The molecular formula is C33H34N6O4. The molecule has 3 heterocycles. The quantitative estimate of drug-likeness (QED) is 0.229. The van der Waals surface area contributed by atoms with Crippen LogP contribution in [0.2, 0.25) is 0 Å². The van der Waals surface area contributed by atoms with Crippen molar-refractivity contribution >= 4 is 45.3 Å². The molecule has 0 radical (unpaired) electrons. The Morgan fingerprint density at radius 1 is 0.930 bits per heavy atom. The smallest absolute Gasteiger partial charge is 0.352 e. The molecule has 43 heavy (non-hydrogen) atoms. The fourth-order valence-corrected chi connectivity index (χ4v) is 6.26. The van der Waals surface area contributed by atoms with Gasteiger partial charge in [-0.1, -0.05) is 18.9 Å². The first kappa shape index (κ1) is 28.1. The molecule has 0 unspecified atom stereocenters. The second kappa shape index (κ2) is 10.7. The molecule has 1 aliphatic carbocycles. The topological polar surface area (TPSA) is 131 Å². The van der Waals surface area contributed by atoms with Gasteiger partial charge < -0.3 is 24.9 Å². The second-order valence-electron chi connectivity index (χ2n) is 11.8. The standard InChI is InChI=1S/C33H34N6O4/c1-33(2,32(43)36-22-11-13-24-21(16-22)18-26(31(41)42)38(24)3)37-30(40)20-10-12-23-25(17-20)39(4)28(29-34-14-7-15-35-29)27(23)19-8-5-6-9-19/h7,10-19H,5-6,8-9H2,1-4H3,(H,36,43)(H,37,40)(H,41,42). The molecule has 1 saturated carbocycles. The molecule has 10 heteroatoms. The van der Waals surface area contributed by atoms with Crippen LogP contribution in [0.3, 0.4) is 0 Å². The summed E-state index contributed by atoms with van der Waals surface area (Å²) in [5, 5.41) is 16.9. The number of fused-ring (bicyclic) bond motifs is 2. The molecule has 0 saturated heterocycles. The lowest BCUT2D eigenvalue weighted by molar-refractivity contribution is -0.120. The molecule has 0 spiro atoms. The van der Waals surface area contributed by atoms with Crippen LogP contribution in [-0.4, -0.2) is 47.5 Å². The van der Waals surface area contributed by atoms with Crippen LogP contribution in [0.4, 0.5) is 5.69 Å². The first-order valence-corrected chi connectivity index (χ1v) is 14.4. The lowest BCUT2D eigenvalue weighted by atomic mass is 9.93. The molecule has 2 aromatic carbocycles. The third kappa shape index (κ3) is 5.03. The Balaban J connectivity index is 1.26. The Labute approximate surface area is 248 Å². The van der Waals surface area contributed by atoms with Crippen LogP contribution < -0.4 is 10.6 Å². The molecule has 0 aliphatic heterocycles. The zero-order chi connectivity index (χ0) is 30.5. The minimum Gasteiger partial charge on any atom is -0.477 e. The van der Waals surface area contributed by atoms with E-state index in [-0.39, 0.29) is 11.6 Å². The highest BCUT2D eigenvalue weighted by atomic mass is 16.4. The van der Waals surface area contributed by atoms with Gasteiger partial charge in [0, 0.05) is 59.5 Å². The normalized spacial score (nSPS) is 14.0. The summed E-state index contributed by atoms with van der Waals surface area (Å²) in [6.07, 6.45) is 8.10. The molecule has 0 atom stereocenters. The molecule has 1 aliphatic rings. The van der Waals surface area contributed by atoms with Gasteiger partial charge >= 0.3 is 5.97 Å². The summed E-state index contributed by atoms with van der Waals surface area (Å²) in [4.78, 5) is 47.4. The van der Waals surface area contributed by atoms with E-state index in [4.69, 9.17) is 0 Å². The fourth-order valence-electron chi connectivity index (χ4n) is 6.26. The third-order valence-corrected chi connectivity index (χ3v) is 8.56. The third-order valence-electron chi connectivity index (χ3n) is 8.56. The van der Waals surface area contributed by atoms with Crippen molar-refractivity contribution in [3.05, 3.63) is 77.7 Å². The predicted molar refractivity (Wildman–Crippen MR) is 165 cm³/mol. The van der Waals surface area contributed by atoms with Crippen LogP contribution in [-0.2, 0) is 18.9 Å². The molecule has 6 rings (SSSR count). The van der Waals surface area contributed by atoms with Crippen LogP contribution in [0.15, 0.2) is 60.9 Å². The van der Waals surface area contributed by atoms with Gasteiger partial charge in [-0.15, -0.1) is 0 Å². The Kier molecular flexibility index (Phi) is 7.00. The Bertz CT molecular complexity index is 1900. The summed E-state index contributed by atoms with van der Waals surface area (Å²) >= 11 is 0. The number of amides is 2. The number of carbonyl (C=O) groups excluding carboxylic acids is 2. The second-order valence-corrected chi connectivity index (χ2v) is 11.8. The number of aromatic nitrogens is 4. The minimum absolute atomic E-state index is 0.153. The van der Waals surface area contributed by atoms with Gasteiger partial charge in [0.25, 0.3) is 5.91 Å². The summed E-state index contributed by atoms with van der Waals surface area (Å²) in [6, 6.07) is 14.2. The molecule has 10 nitrogen and oxygen atoms in total. The number of nitrogens with one attached hydrogen (secondary N) is 2. The number of aromatic carboxylic acids is 1. The van der Waals surface area contributed by atoms with Gasteiger partial charge in [0.1, 0.15) is 11.2 Å². The number of nitrogens with zero attached hydrogens (tertiary/aromatic N) is 4. The number of benzene rings is 2. The van der Waals surface area contributed by atoms with E-state index in [0.29, 0.717) is 28.4 Å². The maximum atomic E-state index is 13.5. The predicted octanol–water partition coefficient (Wildman–Crippen LogP) is 5.63. The summed E-state index contributed by atoms with van der Waals surface area (Å²) in [6.45, 7) is 3.29. The SMILES string of the molecule is Cn1c(C(=O)O)cc2cc(NC(=O)C(C)(C)NC(=O)c3ccc4c(C5CCCC5)c(-c5ncccn5)n(C)c4c3)ccc21. The number of hydrogen-bond acceptors (Lipinski definition) is 5. The summed E-state index contributed by atoms with van der Waals surface area (Å²) < 4.78 is 3.66. The summed E-state index contributed by atoms with van der Waals surface area (Å²) in [5.74, 6) is -0.717. The number of rotatable bonds is 7. The molecule has 3 N–H and O–H groups in total. The minimum atomic E-state index is -1.24. The molecule has 0 bridgehead atoms. The van der Waals surface area contributed by atoms with Crippen molar-refractivity contribution < 1.29 is 19.5 Å². The van der Waals surface area contributed by atoms with E-state index in [9.17, 15) is 19.5 Å².